The van der Waals surface area contributed by atoms with Crippen molar-refractivity contribution in [3.05, 3.63) is 65.2 Å². The van der Waals surface area contributed by atoms with E-state index in [9.17, 15) is 4.79 Å². The second-order valence-corrected chi connectivity index (χ2v) is 8.39. The van der Waals surface area contributed by atoms with Gasteiger partial charge in [0.2, 0.25) is 0 Å². The Morgan fingerprint density at radius 1 is 1.09 bits per heavy atom. The van der Waals surface area contributed by atoms with Crippen LogP contribution in [0.3, 0.4) is 0 Å². The van der Waals surface area contributed by atoms with Gasteiger partial charge in [-0.1, -0.05) is 37.6 Å². The molecule has 32 heavy (non-hydrogen) atoms. The molecule has 0 saturated carbocycles. The number of unbranched alkanes of at least 4 members (excludes halogenated alkanes) is 1. The van der Waals surface area contributed by atoms with Gasteiger partial charge < -0.3 is 20.9 Å². The summed E-state index contributed by atoms with van der Waals surface area (Å²) in [4.78, 5) is 19.0. The van der Waals surface area contributed by atoms with Gasteiger partial charge in [-0.3, -0.25) is 9.79 Å². The van der Waals surface area contributed by atoms with E-state index >= 15 is 0 Å². The van der Waals surface area contributed by atoms with Crippen LogP contribution in [0.25, 0.3) is 0 Å². The first-order valence-electron chi connectivity index (χ1n) is 11.8. The maximum Gasteiger partial charge on any atom is 0.251 e. The molecule has 6 heteroatoms. The van der Waals surface area contributed by atoms with Gasteiger partial charge in [0.15, 0.2) is 5.96 Å². The lowest BCUT2D eigenvalue weighted by Crippen LogP contribution is -2.38. The molecule has 2 aromatic rings. The highest BCUT2D eigenvalue weighted by Crippen LogP contribution is 2.23. The second kappa shape index (κ2) is 12.1. The molecule has 2 aromatic carbocycles. The zero-order valence-electron chi connectivity index (χ0n) is 19.7. The van der Waals surface area contributed by atoms with E-state index in [0.717, 1.165) is 44.0 Å². The number of carbonyl (C=O) groups is 1. The predicted molar refractivity (Wildman–Crippen MR) is 133 cm³/mol. The lowest BCUT2D eigenvalue weighted by atomic mass is 10.1. The van der Waals surface area contributed by atoms with Gasteiger partial charge in [-0.2, -0.15) is 0 Å². The van der Waals surface area contributed by atoms with E-state index in [-0.39, 0.29) is 11.9 Å². The Morgan fingerprint density at radius 3 is 2.53 bits per heavy atom. The minimum absolute atomic E-state index is 0.0135. The Balaban J connectivity index is 1.51. The first-order valence-corrected chi connectivity index (χ1v) is 11.8. The minimum atomic E-state index is -0.0135. The highest BCUT2D eigenvalue weighted by Gasteiger charge is 2.14. The highest BCUT2D eigenvalue weighted by atomic mass is 16.1. The molecule has 1 atom stereocenters. The minimum Gasteiger partial charge on any atom is -0.372 e. The molecule has 1 fully saturated rings. The molecule has 1 unspecified atom stereocenters. The Kier molecular flexibility index (Phi) is 8.96. The van der Waals surface area contributed by atoms with E-state index in [4.69, 9.17) is 0 Å². The summed E-state index contributed by atoms with van der Waals surface area (Å²) < 4.78 is 0. The van der Waals surface area contributed by atoms with Crippen molar-refractivity contribution in [3.63, 3.8) is 0 Å². The van der Waals surface area contributed by atoms with Gasteiger partial charge in [0.05, 0.1) is 6.04 Å². The molecular formula is C26H37N5O. The second-order valence-electron chi connectivity index (χ2n) is 8.39. The van der Waals surface area contributed by atoms with E-state index in [0.29, 0.717) is 12.1 Å². The topological polar surface area (TPSA) is 68.8 Å². The highest BCUT2D eigenvalue weighted by molar-refractivity contribution is 5.94. The summed E-state index contributed by atoms with van der Waals surface area (Å²) in [6.45, 7) is 7.92. The molecule has 6 nitrogen and oxygen atoms in total. The number of guanidine groups is 1. The van der Waals surface area contributed by atoms with Gasteiger partial charge in [0.1, 0.15) is 0 Å². The fourth-order valence-corrected chi connectivity index (χ4v) is 3.89. The number of benzene rings is 2. The summed E-state index contributed by atoms with van der Waals surface area (Å²) in [6, 6.07) is 16.6. The predicted octanol–water partition coefficient (Wildman–Crippen LogP) is 4.24. The normalized spacial score (nSPS) is 14.8. The first-order chi connectivity index (χ1) is 15.6. The first kappa shape index (κ1) is 23.6. The largest absolute Gasteiger partial charge is 0.372 e. The van der Waals surface area contributed by atoms with Crippen LogP contribution in [0.2, 0.25) is 0 Å². The van der Waals surface area contributed by atoms with E-state index in [1.807, 2.05) is 24.3 Å². The number of nitrogens with one attached hydrogen (secondary N) is 3. The van der Waals surface area contributed by atoms with Gasteiger partial charge in [-0.25, -0.2) is 0 Å². The van der Waals surface area contributed by atoms with Crippen LogP contribution in [-0.2, 0) is 6.54 Å². The van der Waals surface area contributed by atoms with Crippen molar-refractivity contribution in [1.29, 1.82) is 0 Å². The SMILES string of the molecule is CCCCNC(=O)c1ccc(CNC(=NC)NC(C)c2cccc(N3CCCC3)c2)cc1. The molecule has 1 amide bonds. The molecule has 0 spiro atoms. The molecule has 1 saturated heterocycles. The number of nitrogens with zero attached hydrogens (tertiary/aromatic N) is 2. The van der Waals surface area contributed by atoms with Crippen LogP contribution < -0.4 is 20.9 Å². The molecule has 0 aromatic heterocycles. The fraction of sp³-hybridized carbons (Fsp3) is 0.462. The summed E-state index contributed by atoms with van der Waals surface area (Å²) in [5.74, 6) is 0.742. The average molecular weight is 436 g/mol. The van der Waals surface area contributed by atoms with Crippen LogP contribution in [0, 0.1) is 0 Å². The third-order valence-corrected chi connectivity index (χ3v) is 5.91. The number of hydrogen-bond acceptors (Lipinski definition) is 3. The number of amides is 1. The van der Waals surface area contributed by atoms with Gasteiger partial charge in [-0.15, -0.1) is 0 Å². The number of hydrogen-bond donors (Lipinski definition) is 3. The van der Waals surface area contributed by atoms with Gasteiger partial charge in [-0.05, 0) is 61.6 Å². The van der Waals surface area contributed by atoms with Crippen LogP contribution in [0.1, 0.15) is 67.1 Å². The molecule has 1 aliphatic heterocycles. The van der Waals surface area contributed by atoms with Gasteiger partial charge >= 0.3 is 0 Å². The molecule has 0 bridgehead atoms. The third-order valence-electron chi connectivity index (χ3n) is 5.91. The molecule has 172 valence electrons. The summed E-state index contributed by atoms with van der Waals surface area (Å²) in [7, 11) is 1.78. The van der Waals surface area contributed by atoms with Crippen molar-refractivity contribution >= 4 is 17.6 Å². The number of anilines is 1. The van der Waals surface area contributed by atoms with Crippen LogP contribution in [0.15, 0.2) is 53.5 Å². The van der Waals surface area contributed by atoms with Crippen LogP contribution in [0.4, 0.5) is 5.69 Å². The number of rotatable bonds is 9. The summed E-state index contributed by atoms with van der Waals surface area (Å²) in [5, 5.41) is 9.81. The lowest BCUT2D eigenvalue weighted by Gasteiger charge is -2.22. The van der Waals surface area contributed by atoms with Crippen molar-refractivity contribution in [2.45, 2.75) is 52.1 Å². The maximum absolute atomic E-state index is 12.1. The van der Waals surface area contributed by atoms with Gasteiger partial charge in [0.25, 0.3) is 5.91 Å². The van der Waals surface area contributed by atoms with E-state index in [1.165, 1.54) is 24.1 Å². The van der Waals surface area contributed by atoms with E-state index in [2.05, 4.69) is 64.0 Å². The third kappa shape index (κ3) is 6.74. The lowest BCUT2D eigenvalue weighted by molar-refractivity contribution is 0.0953. The molecular weight excluding hydrogens is 398 g/mol. The molecule has 3 rings (SSSR count). The Hall–Kier alpha value is -3.02. The van der Waals surface area contributed by atoms with Crippen molar-refractivity contribution in [1.82, 2.24) is 16.0 Å². The molecule has 3 N–H and O–H groups in total. The molecule has 1 aliphatic rings. The van der Waals surface area contributed by atoms with Crippen molar-refractivity contribution in [2.75, 3.05) is 31.6 Å². The average Bonchev–Trinajstić information content (AvgIpc) is 3.37. The van der Waals surface area contributed by atoms with Crippen LogP contribution in [-0.4, -0.2) is 38.5 Å². The maximum atomic E-state index is 12.1. The fourth-order valence-electron chi connectivity index (χ4n) is 3.89. The van der Waals surface area contributed by atoms with Crippen molar-refractivity contribution in [2.24, 2.45) is 4.99 Å². The standard InChI is InChI=1S/C26H37N5O/c1-4-5-15-28-25(32)22-13-11-21(12-14-22)19-29-26(27-3)30-20(2)23-9-8-10-24(18-23)31-16-6-7-17-31/h8-14,18,20H,4-7,15-17,19H2,1-3H3,(H,28,32)(H2,27,29,30). The number of carbonyl (C=O) groups excluding carboxylic acids is 1. The zero-order valence-corrected chi connectivity index (χ0v) is 19.7. The molecule has 0 aliphatic carbocycles. The number of aliphatic imine (C=N–C) groups is 1. The smallest absolute Gasteiger partial charge is 0.251 e. The van der Waals surface area contributed by atoms with E-state index in [1.54, 1.807) is 7.05 Å². The van der Waals surface area contributed by atoms with Crippen molar-refractivity contribution < 1.29 is 4.79 Å². The Bertz CT molecular complexity index is 887. The monoisotopic (exact) mass is 435 g/mol. The van der Waals surface area contributed by atoms with Gasteiger partial charge in [0, 0.05) is 44.5 Å². The zero-order chi connectivity index (χ0) is 22.8. The quantitative estimate of drug-likeness (QED) is 0.313. The van der Waals surface area contributed by atoms with E-state index < -0.39 is 0 Å². The Morgan fingerprint density at radius 2 is 1.84 bits per heavy atom. The summed E-state index contributed by atoms with van der Waals surface area (Å²) >= 11 is 0. The molecule has 0 radical (unpaired) electrons. The van der Waals surface area contributed by atoms with Crippen LogP contribution >= 0.6 is 0 Å². The Labute approximate surface area is 192 Å². The van der Waals surface area contributed by atoms with Crippen molar-refractivity contribution in [3.8, 4) is 0 Å². The van der Waals surface area contributed by atoms with Crippen LogP contribution in [0.5, 0.6) is 0 Å². The molecule has 1 heterocycles. The summed E-state index contributed by atoms with van der Waals surface area (Å²) in [6.07, 6.45) is 4.63. The summed E-state index contributed by atoms with van der Waals surface area (Å²) in [5.41, 5.74) is 4.34.